The SMILES string of the molecule is CC(C)CN1c2cccnc2-n2cccc2C12CCN(C(=O)C1(F)CCOCC1)C2. The van der Waals surface area contributed by atoms with E-state index in [9.17, 15) is 4.79 Å². The number of aromatic nitrogens is 2. The van der Waals surface area contributed by atoms with Crippen molar-refractivity contribution in [2.45, 2.75) is 44.3 Å². The van der Waals surface area contributed by atoms with Crippen molar-refractivity contribution in [2.24, 2.45) is 5.92 Å². The second-order valence-electron chi connectivity index (χ2n) is 9.20. The maximum Gasteiger partial charge on any atom is 0.260 e. The van der Waals surface area contributed by atoms with Gasteiger partial charge in [-0.3, -0.25) is 4.79 Å². The molecule has 1 unspecified atom stereocenters. The smallest absolute Gasteiger partial charge is 0.260 e. The summed E-state index contributed by atoms with van der Waals surface area (Å²) in [5.74, 6) is 0.978. The number of anilines is 1. The molecule has 3 aliphatic heterocycles. The van der Waals surface area contributed by atoms with Crippen LogP contribution in [0.3, 0.4) is 0 Å². The zero-order chi connectivity index (χ0) is 20.9. The first-order valence-electron chi connectivity index (χ1n) is 10.9. The number of halogens is 1. The van der Waals surface area contributed by atoms with Crippen molar-refractivity contribution in [3.63, 3.8) is 0 Å². The van der Waals surface area contributed by atoms with Crippen LogP contribution in [0, 0.1) is 5.92 Å². The van der Waals surface area contributed by atoms with Crippen LogP contribution in [0.25, 0.3) is 5.82 Å². The van der Waals surface area contributed by atoms with E-state index < -0.39 is 5.67 Å². The average molecular weight is 413 g/mol. The van der Waals surface area contributed by atoms with Crippen LogP contribution < -0.4 is 4.90 Å². The van der Waals surface area contributed by atoms with E-state index in [1.54, 1.807) is 4.90 Å². The van der Waals surface area contributed by atoms with E-state index >= 15 is 4.39 Å². The summed E-state index contributed by atoms with van der Waals surface area (Å²) in [7, 11) is 0. The number of rotatable bonds is 3. The molecule has 2 aromatic rings. The molecule has 30 heavy (non-hydrogen) atoms. The Bertz CT molecular complexity index is 952. The van der Waals surface area contributed by atoms with E-state index in [1.165, 1.54) is 0 Å². The number of carbonyl (C=O) groups excluding carboxylic acids is 1. The lowest BCUT2D eigenvalue weighted by Crippen LogP contribution is -2.55. The summed E-state index contributed by atoms with van der Waals surface area (Å²) in [6, 6.07) is 8.23. The molecule has 5 heterocycles. The van der Waals surface area contributed by atoms with Crippen LogP contribution in [0.15, 0.2) is 36.7 Å². The fraction of sp³-hybridized carbons (Fsp3) is 0.565. The molecule has 0 aliphatic carbocycles. The summed E-state index contributed by atoms with van der Waals surface area (Å²) in [5, 5.41) is 0. The van der Waals surface area contributed by atoms with Gasteiger partial charge in [0, 0.05) is 44.9 Å². The highest BCUT2D eigenvalue weighted by atomic mass is 19.1. The molecule has 0 bridgehead atoms. The summed E-state index contributed by atoms with van der Waals surface area (Å²) in [6.07, 6.45) is 4.92. The van der Waals surface area contributed by atoms with E-state index in [2.05, 4.69) is 40.4 Å². The normalized spacial score (nSPS) is 24.9. The number of hydrogen-bond acceptors (Lipinski definition) is 4. The van der Waals surface area contributed by atoms with E-state index in [4.69, 9.17) is 4.74 Å². The third-order valence-electron chi connectivity index (χ3n) is 6.78. The third kappa shape index (κ3) is 2.86. The van der Waals surface area contributed by atoms with Gasteiger partial charge < -0.3 is 19.1 Å². The summed E-state index contributed by atoms with van der Waals surface area (Å²) >= 11 is 0. The maximum atomic E-state index is 15.5. The molecule has 1 spiro atoms. The molecule has 6 nitrogen and oxygen atoms in total. The van der Waals surface area contributed by atoms with Gasteiger partial charge in [-0.2, -0.15) is 0 Å². The molecule has 3 aliphatic rings. The molecule has 2 aromatic heterocycles. The molecular formula is C23H29FN4O2. The first-order valence-corrected chi connectivity index (χ1v) is 10.9. The number of ether oxygens (including phenoxy) is 1. The Kier molecular flexibility index (Phi) is 4.61. The Balaban J connectivity index is 1.54. The molecule has 0 radical (unpaired) electrons. The molecule has 5 rings (SSSR count). The summed E-state index contributed by atoms with van der Waals surface area (Å²) < 4.78 is 22.9. The van der Waals surface area contributed by atoms with E-state index in [0.29, 0.717) is 32.2 Å². The van der Waals surface area contributed by atoms with E-state index in [0.717, 1.165) is 30.2 Å². The van der Waals surface area contributed by atoms with Gasteiger partial charge in [0.25, 0.3) is 5.91 Å². The van der Waals surface area contributed by atoms with Crippen LogP contribution in [-0.4, -0.2) is 58.9 Å². The summed E-state index contributed by atoms with van der Waals surface area (Å²) in [5.41, 5.74) is 0.0267. The number of amides is 1. The molecule has 1 amide bonds. The van der Waals surface area contributed by atoms with E-state index in [1.807, 2.05) is 24.5 Å². The van der Waals surface area contributed by atoms with Crippen molar-refractivity contribution in [3.8, 4) is 5.82 Å². The first-order chi connectivity index (χ1) is 14.4. The highest BCUT2D eigenvalue weighted by molar-refractivity contribution is 5.86. The Morgan fingerprint density at radius 3 is 2.80 bits per heavy atom. The number of likely N-dealkylation sites (tertiary alicyclic amines) is 1. The minimum atomic E-state index is -1.80. The third-order valence-corrected chi connectivity index (χ3v) is 6.78. The second-order valence-corrected chi connectivity index (χ2v) is 9.20. The lowest BCUT2D eigenvalue weighted by atomic mass is 9.88. The lowest BCUT2D eigenvalue weighted by molar-refractivity contribution is -0.149. The molecule has 7 heteroatoms. The van der Waals surface area contributed by atoms with Gasteiger partial charge in [0.15, 0.2) is 11.5 Å². The topological polar surface area (TPSA) is 50.6 Å². The largest absolute Gasteiger partial charge is 0.381 e. The standard InChI is InChI=1S/C23H29FN4O2/c1-17(2)15-28-18-5-3-10-25-20(18)27-11-4-6-19(27)23(28)7-12-26(16-23)21(29)22(24)8-13-30-14-9-22/h3-6,10-11,17H,7-9,12-16H2,1-2H3. The predicted molar refractivity (Wildman–Crippen MR) is 113 cm³/mol. The van der Waals surface area contributed by atoms with E-state index in [-0.39, 0.29) is 24.3 Å². The van der Waals surface area contributed by atoms with Gasteiger partial charge >= 0.3 is 0 Å². The molecule has 0 N–H and O–H groups in total. The number of alkyl halides is 1. The molecule has 160 valence electrons. The molecule has 0 saturated carbocycles. The Morgan fingerprint density at radius 2 is 2.03 bits per heavy atom. The maximum absolute atomic E-state index is 15.5. The van der Waals surface area contributed by atoms with Crippen molar-refractivity contribution in [3.05, 3.63) is 42.4 Å². The van der Waals surface area contributed by atoms with Crippen molar-refractivity contribution < 1.29 is 13.9 Å². The molecule has 1 atom stereocenters. The molecule has 0 aromatic carbocycles. The summed E-state index contributed by atoms with van der Waals surface area (Å²) in [4.78, 5) is 22.0. The number of hydrogen-bond donors (Lipinski definition) is 0. The number of carbonyl (C=O) groups is 1. The second kappa shape index (κ2) is 7.08. The minimum absolute atomic E-state index is 0.147. The van der Waals surface area contributed by atoms with Crippen molar-refractivity contribution >= 4 is 11.6 Å². The van der Waals surface area contributed by atoms with Gasteiger partial charge in [-0.05, 0) is 36.6 Å². The van der Waals surface area contributed by atoms with Crippen LogP contribution in [0.2, 0.25) is 0 Å². The average Bonchev–Trinajstić information content (AvgIpc) is 3.40. The Hall–Kier alpha value is -2.41. The predicted octanol–water partition coefficient (Wildman–Crippen LogP) is 3.29. The fourth-order valence-corrected chi connectivity index (χ4v) is 5.33. The van der Waals surface area contributed by atoms with Gasteiger partial charge in [-0.15, -0.1) is 0 Å². The quantitative estimate of drug-likeness (QED) is 0.776. The van der Waals surface area contributed by atoms with Crippen LogP contribution >= 0.6 is 0 Å². The monoisotopic (exact) mass is 412 g/mol. The number of nitrogens with zero attached hydrogens (tertiary/aromatic N) is 4. The highest BCUT2D eigenvalue weighted by Crippen LogP contribution is 2.48. The highest BCUT2D eigenvalue weighted by Gasteiger charge is 2.53. The van der Waals surface area contributed by atoms with Gasteiger partial charge in [0.1, 0.15) is 5.54 Å². The fourth-order valence-electron chi connectivity index (χ4n) is 5.33. The zero-order valence-electron chi connectivity index (χ0n) is 17.7. The lowest BCUT2D eigenvalue weighted by Gasteiger charge is -2.48. The zero-order valence-corrected chi connectivity index (χ0v) is 17.7. The Labute approximate surface area is 176 Å². The first kappa shape index (κ1) is 19.5. The molecule has 2 fully saturated rings. The van der Waals surface area contributed by atoms with Gasteiger partial charge in [-0.1, -0.05) is 13.8 Å². The van der Waals surface area contributed by atoms with Gasteiger partial charge in [-0.25, -0.2) is 9.37 Å². The molecular weight excluding hydrogens is 383 g/mol. The number of pyridine rings is 1. The van der Waals surface area contributed by atoms with Gasteiger partial charge in [0.2, 0.25) is 0 Å². The van der Waals surface area contributed by atoms with Crippen LogP contribution in [0.4, 0.5) is 10.1 Å². The van der Waals surface area contributed by atoms with Crippen molar-refractivity contribution in [1.29, 1.82) is 0 Å². The van der Waals surface area contributed by atoms with Crippen LogP contribution in [0.1, 0.15) is 38.8 Å². The Morgan fingerprint density at radius 1 is 1.23 bits per heavy atom. The summed E-state index contributed by atoms with van der Waals surface area (Å²) in [6.45, 7) is 6.91. The molecule has 2 saturated heterocycles. The van der Waals surface area contributed by atoms with Crippen molar-refractivity contribution in [1.82, 2.24) is 14.5 Å². The van der Waals surface area contributed by atoms with Crippen molar-refractivity contribution in [2.75, 3.05) is 37.7 Å². The van der Waals surface area contributed by atoms with Gasteiger partial charge in [0.05, 0.1) is 24.6 Å². The minimum Gasteiger partial charge on any atom is -0.381 e. The number of fused-ring (bicyclic) bond motifs is 4. The van der Waals surface area contributed by atoms with Crippen LogP contribution in [0.5, 0.6) is 0 Å². The van der Waals surface area contributed by atoms with Crippen LogP contribution in [-0.2, 0) is 15.1 Å².